The molecule has 2 heterocycles. The quantitative estimate of drug-likeness (QED) is 0.204. The average molecular weight is 741 g/mol. The largest absolute Gasteiger partial charge is 0.478 e. The van der Waals surface area contributed by atoms with E-state index in [-0.39, 0.29) is 33.0 Å². The van der Waals surface area contributed by atoms with E-state index in [0.29, 0.717) is 54.8 Å². The van der Waals surface area contributed by atoms with Crippen molar-refractivity contribution in [3.8, 4) is 0 Å². The van der Waals surface area contributed by atoms with Gasteiger partial charge in [-0.25, -0.2) is 4.79 Å². The molecular weight excluding hydrogens is 673 g/mol. The zero-order valence-electron chi connectivity index (χ0n) is 34.2. The van der Waals surface area contributed by atoms with Crippen molar-refractivity contribution in [2.24, 2.45) is 56.7 Å². The molecule has 1 amide bonds. The second-order valence-electron chi connectivity index (χ2n) is 20.4. The molecule has 4 saturated carbocycles. The van der Waals surface area contributed by atoms with E-state index in [1.165, 1.54) is 68.1 Å². The van der Waals surface area contributed by atoms with Gasteiger partial charge in [0.25, 0.3) is 0 Å². The fraction of sp³-hybridized carbons (Fsp3) is 0.745. The van der Waals surface area contributed by atoms with E-state index in [4.69, 9.17) is 9.47 Å². The topological polar surface area (TPSA) is 88.1 Å². The number of hydrogen-bond donors (Lipinski definition) is 2. The number of hydrogen-bond acceptors (Lipinski definition) is 5. The number of nitrogens with one attached hydrogen (secondary N) is 1. The fourth-order valence-corrected chi connectivity index (χ4v) is 15.1. The molecule has 0 unspecified atom stereocenters. The lowest BCUT2D eigenvalue weighted by Gasteiger charge is -2.72. The number of fused-ring (bicyclic) bond motifs is 7. The summed E-state index contributed by atoms with van der Waals surface area (Å²) >= 11 is 0. The van der Waals surface area contributed by atoms with Crippen LogP contribution >= 0.6 is 0 Å². The lowest BCUT2D eigenvalue weighted by Crippen LogP contribution is -2.65. The van der Waals surface area contributed by atoms with Crippen LogP contribution in [0.4, 0.5) is 0 Å². The molecule has 1 aromatic rings. The number of allylic oxidation sites excluding steroid dienone is 3. The molecule has 0 aromatic heterocycles. The summed E-state index contributed by atoms with van der Waals surface area (Å²) in [6, 6.07) is 7.61. The highest BCUT2D eigenvalue weighted by Crippen LogP contribution is 2.77. The van der Waals surface area contributed by atoms with Crippen molar-refractivity contribution in [3.63, 3.8) is 0 Å². The Morgan fingerprint density at radius 1 is 0.870 bits per heavy atom. The van der Waals surface area contributed by atoms with Crippen molar-refractivity contribution in [2.75, 3.05) is 39.4 Å². The van der Waals surface area contributed by atoms with Crippen LogP contribution in [0.3, 0.4) is 0 Å². The summed E-state index contributed by atoms with van der Waals surface area (Å²) in [5.74, 6) is 2.13. The molecule has 8 rings (SSSR count). The summed E-state index contributed by atoms with van der Waals surface area (Å²) in [6.07, 6.45) is 16.0. The van der Waals surface area contributed by atoms with Crippen molar-refractivity contribution in [2.45, 2.75) is 124 Å². The van der Waals surface area contributed by atoms with Gasteiger partial charge in [-0.3, -0.25) is 4.79 Å². The maximum atomic E-state index is 13.3. The van der Waals surface area contributed by atoms with E-state index in [2.05, 4.69) is 59.5 Å². The van der Waals surface area contributed by atoms with E-state index in [1.807, 2.05) is 17.0 Å². The molecular formula is C47H68N2O5. The number of nitrogens with zero attached hydrogens (tertiary/aromatic N) is 1. The first-order valence-corrected chi connectivity index (χ1v) is 21.6. The van der Waals surface area contributed by atoms with Crippen LogP contribution in [0.5, 0.6) is 0 Å². The van der Waals surface area contributed by atoms with Crippen molar-refractivity contribution in [1.82, 2.24) is 10.2 Å². The van der Waals surface area contributed by atoms with Crippen molar-refractivity contribution < 1.29 is 24.2 Å². The van der Waals surface area contributed by atoms with Gasteiger partial charge in [0, 0.05) is 45.4 Å². The molecule has 7 nitrogen and oxygen atoms in total. The standard InChI is InChI=1S/C47H68N2O5/c1-31(2)34-14-20-46(30-48-25-17-39(50)49-26-23-47(24-27-49)53-28-29-54-47)22-21-44(6)36(40(34)46)12-13-38-43(5)18-15-35(32-8-10-33(11-9-32)41(51)52)42(3,4)37(43)16-19-45(38,44)7/h8-11,15,34,36-38,40,48H,1,12-14,16-30H2,2-7H3,(H,51,52)/t34-,36+,37-,38+,40+,43-,44+,45+,46+/m0/s1. The first-order chi connectivity index (χ1) is 25.6. The van der Waals surface area contributed by atoms with Crippen molar-refractivity contribution in [3.05, 3.63) is 53.6 Å². The predicted octanol–water partition coefficient (Wildman–Crippen LogP) is 9.38. The molecule has 5 aliphatic carbocycles. The molecule has 0 bridgehead atoms. The second-order valence-corrected chi connectivity index (χ2v) is 20.4. The van der Waals surface area contributed by atoms with Gasteiger partial charge in [-0.1, -0.05) is 65.0 Å². The van der Waals surface area contributed by atoms with Crippen LogP contribution in [0.15, 0.2) is 42.5 Å². The van der Waals surface area contributed by atoms with E-state index >= 15 is 0 Å². The molecule has 6 fully saturated rings. The van der Waals surface area contributed by atoms with E-state index in [9.17, 15) is 14.7 Å². The zero-order chi connectivity index (χ0) is 38.3. The normalized spacial score (nSPS) is 40.6. The van der Waals surface area contributed by atoms with E-state index in [0.717, 1.165) is 45.4 Å². The van der Waals surface area contributed by atoms with Crippen LogP contribution in [0, 0.1) is 56.7 Å². The number of benzene rings is 1. The number of rotatable bonds is 8. The first-order valence-electron chi connectivity index (χ1n) is 21.6. The van der Waals surface area contributed by atoms with Gasteiger partial charge in [-0.15, -0.1) is 0 Å². The highest BCUT2D eigenvalue weighted by atomic mass is 16.7. The molecule has 7 aliphatic rings. The van der Waals surface area contributed by atoms with Crippen molar-refractivity contribution >= 4 is 17.4 Å². The Morgan fingerprint density at radius 2 is 1.57 bits per heavy atom. The molecule has 1 aromatic carbocycles. The Morgan fingerprint density at radius 3 is 2.24 bits per heavy atom. The predicted molar refractivity (Wildman–Crippen MR) is 214 cm³/mol. The van der Waals surface area contributed by atoms with E-state index in [1.54, 1.807) is 12.1 Å². The molecule has 2 N–H and O–H groups in total. The first kappa shape index (κ1) is 38.4. The Labute approximate surface area is 325 Å². The molecule has 1 spiro atoms. The molecule has 296 valence electrons. The van der Waals surface area contributed by atoms with Crippen LogP contribution in [0.25, 0.3) is 5.57 Å². The highest BCUT2D eigenvalue weighted by molar-refractivity contribution is 5.88. The molecule has 2 saturated heterocycles. The summed E-state index contributed by atoms with van der Waals surface area (Å²) in [5, 5.41) is 13.4. The minimum Gasteiger partial charge on any atom is -0.478 e. The Hall–Kier alpha value is -2.48. The fourth-order valence-electron chi connectivity index (χ4n) is 15.1. The van der Waals surface area contributed by atoms with Crippen molar-refractivity contribution in [1.29, 1.82) is 0 Å². The molecule has 0 radical (unpaired) electrons. The van der Waals surface area contributed by atoms with E-state index < -0.39 is 11.8 Å². The van der Waals surface area contributed by atoms with Gasteiger partial charge in [0.15, 0.2) is 5.79 Å². The van der Waals surface area contributed by atoms with Gasteiger partial charge in [0.1, 0.15) is 0 Å². The Bertz CT molecular complexity index is 1670. The molecule has 54 heavy (non-hydrogen) atoms. The lowest BCUT2D eigenvalue weighted by atomic mass is 9.32. The van der Waals surface area contributed by atoms with Gasteiger partial charge in [0.05, 0.1) is 18.8 Å². The molecule has 7 heteroatoms. The zero-order valence-corrected chi connectivity index (χ0v) is 34.2. The summed E-state index contributed by atoms with van der Waals surface area (Å²) in [7, 11) is 0. The number of aromatic carboxylic acids is 1. The minimum atomic E-state index is -0.866. The highest BCUT2D eigenvalue weighted by Gasteiger charge is 2.70. The monoisotopic (exact) mass is 741 g/mol. The molecule has 2 aliphatic heterocycles. The third kappa shape index (κ3) is 5.82. The summed E-state index contributed by atoms with van der Waals surface area (Å²) in [5.41, 5.74) is 5.39. The van der Waals surface area contributed by atoms with Crippen LogP contribution < -0.4 is 5.32 Å². The Kier molecular flexibility index (Phi) is 9.65. The van der Waals surface area contributed by atoms with Crippen LogP contribution in [-0.2, 0) is 14.3 Å². The van der Waals surface area contributed by atoms with Gasteiger partial charge in [-0.2, -0.15) is 0 Å². The number of likely N-dealkylation sites (tertiary alicyclic amines) is 1. The van der Waals surface area contributed by atoms with Crippen LogP contribution in [0.2, 0.25) is 0 Å². The third-order valence-electron chi connectivity index (χ3n) is 17.9. The SMILES string of the molecule is C=C(C)[C@@H]1CC[C@]2(CNCCC(=O)N3CCC4(CC3)OCCO4)CC[C@]3(C)[C@H](CC[C@@H]4[C@@]5(C)CC=C(c6ccc(C(=O)O)cc6)C(C)(C)[C@@H]5CC[C@]43C)[C@@H]12. The number of carboxylic acids is 1. The average Bonchev–Trinajstić information content (AvgIpc) is 3.76. The molecule has 9 atom stereocenters. The summed E-state index contributed by atoms with van der Waals surface area (Å²) in [4.78, 5) is 26.9. The minimum absolute atomic E-state index is 0.0110. The maximum Gasteiger partial charge on any atom is 0.335 e. The second kappa shape index (κ2) is 13.6. The number of carboxylic acid groups (broad SMARTS) is 1. The summed E-state index contributed by atoms with van der Waals surface area (Å²) < 4.78 is 11.8. The van der Waals surface area contributed by atoms with Gasteiger partial charge in [0.2, 0.25) is 5.91 Å². The number of ether oxygens (including phenoxy) is 2. The van der Waals surface area contributed by atoms with Crippen LogP contribution in [0.1, 0.15) is 135 Å². The Balaban J connectivity index is 0.980. The third-order valence-corrected chi connectivity index (χ3v) is 17.9. The smallest absolute Gasteiger partial charge is 0.335 e. The summed E-state index contributed by atoms with van der Waals surface area (Å²) in [6.45, 7) is 24.5. The maximum absolute atomic E-state index is 13.3. The van der Waals surface area contributed by atoms with Crippen LogP contribution in [-0.4, -0.2) is 67.1 Å². The van der Waals surface area contributed by atoms with Gasteiger partial charge < -0.3 is 24.8 Å². The van der Waals surface area contributed by atoms with Gasteiger partial charge >= 0.3 is 5.97 Å². The number of piperidine rings is 1. The van der Waals surface area contributed by atoms with Gasteiger partial charge in [-0.05, 0) is 145 Å². The number of carbonyl (C=O) groups is 2. The number of carbonyl (C=O) groups excluding carboxylic acids is 1. The number of amides is 1. The lowest BCUT2D eigenvalue weighted by molar-refractivity contribution is -0.225.